The summed E-state index contributed by atoms with van der Waals surface area (Å²) in [5.74, 6) is -1.46. The number of hydrogen-bond acceptors (Lipinski definition) is 7. The summed E-state index contributed by atoms with van der Waals surface area (Å²) in [5.41, 5.74) is 2.45. The van der Waals surface area contributed by atoms with Crippen LogP contribution in [0.3, 0.4) is 0 Å². The Kier molecular flexibility index (Phi) is 5.78. The number of fused-ring (bicyclic) bond motifs is 1. The van der Waals surface area contributed by atoms with E-state index < -0.39 is 19.1 Å². The fraction of sp³-hybridized carbons (Fsp3) is 0.458. The summed E-state index contributed by atoms with van der Waals surface area (Å²) in [6.07, 6.45) is 10.9. The number of ether oxygens (including phenoxy) is 2. The fourth-order valence-corrected chi connectivity index (χ4v) is 5.41. The molecule has 0 unspecified atom stereocenters. The van der Waals surface area contributed by atoms with Crippen LogP contribution in [0.5, 0.6) is 11.5 Å². The molecule has 2 fully saturated rings. The lowest BCUT2D eigenvalue weighted by molar-refractivity contribution is -0.0652. The van der Waals surface area contributed by atoms with Gasteiger partial charge in [-0.15, -0.1) is 11.3 Å². The van der Waals surface area contributed by atoms with Crippen molar-refractivity contribution in [1.29, 1.82) is 0 Å². The summed E-state index contributed by atoms with van der Waals surface area (Å²) in [4.78, 5) is 5.33. The largest absolute Gasteiger partial charge is 0.452 e. The Morgan fingerprint density at radius 1 is 1.17 bits per heavy atom. The van der Waals surface area contributed by atoms with Crippen molar-refractivity contribution in [1.82, 2.24) is 24.5 Å². The highest BCUT2D eigenvalue weighted by Crippen LogP contribution is 2.43. The first-order valence-corrected chi connectivity index (χ1v) is 12.6. The molecule has 4 aromatic heterocycles. The molecule has 8 nitrogen and oxygen atoms in total. The Morgan fingerprint density at radius 2 is 2.00 bits per heavy atom. The molecule has 1 saturated heterocycles. The van der Waals surface area contributed by atoms with Gasteiger partial charge in [0.15, 0.2) is 5.75 Å². The predicted molar refractivity (Wildman–Crippen MR) is 126 cm³/mol. The summed E-state index contributed by atoms with van der Waals surface area (Å²) in [5, 5.41) is 17.8. The number of halogens is 2. The topological polar surface area (TPSA) is 87.2 Å². The van der Waals surface area contributed by atoms with Crippen molar-refractivity contribution in [3.8, 4) is 21.9 Å². The molecule has 1 aliphatic carbocycles. The van der Waals surface area contributed by atoms with Crippen molar-refractivity contribution < 1.29 is 23.4 Å². The predicted octanol–water partition coefficient (Wildman–Crippen LogP) is 5.01. The van der Waals surface area contributed by atoms with Crippen LogP contribution in [0.1, 0.15) is 43.3 Å². The van der Waals surface area contributed by atoms with Gasteiger partial charge in [-0.05, 0) is 31.7 Å². The van der Waals surface area contributed by atoms with Gasteiger partial charge in [0.2, 0.25) is 0 Å². The maximum Gasteiger partial charge on any atom is 0.289 e. The normalized spacial score (nSPS) is 17.3. The quantitative estimate of drug-likeness (QED) is 0.365. The molecule has 0 bridgehead atoms. The Balaban J connectivity index is 1.30. The summed E-state index contributed by atoms with van der Waals surface area (Å²) in [7, 11) is 0. The monoisotopic (exact) mass is 501 g/mol. The smallest absolute Gasteiger partial charge is 0.289 e. The molecule has 5 heterocycles. The second-order valence-corrected chi connectivity index (χ2v) is 10.2. The molecular formula is C24H25F2N5O3S. The van der Waals surface area contributed by atoms with Crippen LogP contribution in [0, 0.1) is 0 Å². The van der Waals surface area contributed by atoms with E-state index in [1.54, 1.807) is 18.6 Å². The Hall–Kier alpha value is -2.89. The highest BCUT2D eigenvalue weighted by Gasteiger charge is 2.31. The van der Waals surface area contributed by atoms with Crippen LogP contribution < -0.4 is 4.74 Å². The first-order valence-electron chi connectivity index (χ1n) is 11.7. The average molecular weight is 502 g/mol. The van der Waals surface area contributed by atoms with Gasteiger partial charge in [-0.1, -0.05) is 0 Å². The van der Waals surface area contributed by atoms with Gasteiger partial charge in [0, 0.05) is 48.0 Å². The van der Waals surface area contributed by atoms with Crippen LogP contribution in [-0.4, -0.2) is 55.4 Å². The van der Waals surface area contributed by atoms with Gasteiger partial charge < -0.3 is 14.6 Å². The molecular weight excluding hydrogens is 476 g/mol. The van der Waals surface area contributed by atoms with Crippen LogP contribution in [0.25, 0.3) is 20.7 Å². The number of pyridine rings is 1. The maximum atomic E-state index is 13.6. The van der Waals surface area contributed by atoms with Gasteiger partial charge in [-0.2, -0.15) is 10.2 Å². The second kappa shape index (κ2) is 8.96. The van der Waals surface area contributed by atoms with Gasteiger partial charge in [0.25, 0.3) is 5.92 Å². The molecule has 6 rings (SSSR count). The molecule has 184 valence electrons. The molecule has 0 atom stereocenters. The van der Waals surface area contributed by atoms with Crippen LogP contribution in [0.4, 0.5) is 8.78 Å². The van der Waals surface area contributed by atoms with E-state index in [1.165, 1.54) is 11.3 Å². The fourth-order valence-electron chi connectivity index (χ4n) is 4.37. The summed E-state index contributed by atoms with van der Waals surface area (Å²) in [6.45, 7) is -0.442. The lowest BCUT2D eigenvalue weighted by Gasteiger charge is -2.21. The van der Waals surface area contributed by atoms with Gasteiger partial charge in [-0.3, -0.25) is 14.3 Å². The number of hydrogen-bond donors (Lipinski definition) is 1. The van der Waals surface area contributed by atoms with E-state index in [2.05, 4.69) is 10.1 Å². The maximum absolute atomic E-state index is 13.6. The van der Waals surface area contributed by atoms with Gasteiger partial charge in [-0.25, -0.2) is 8.78 Å². The van der Waals surface area contributed by atoms with Crippen LogP contribution >= 0.6 is 11.3 Å². The van der Waals surface area contributed by atoms with E-state index in [-0.39, 0.29) is 0 Å². The summed E-state index contributed by atoms with van der Waals surface area (Å²) < 4.78 is 43.2. The zero-order valence-electron chi connectivity index (χ0n) is 18.9. The average Bonchev–Trinajstić information content (AvgIpc) is 3.25. The standard InChI is InChI=1S/C24H25F2N5O3S/c25-24(26,14-32)13-30-11-16(10-28-30)21-9-18-23(35-21)19(3-6-27-18)34-20-12-31(17-1-2-17)29-22(20)15-4-7-33-8-5-15/h3,6,9-12,15,17,32H,1-2,4-5,7-8,13-14H2. The molecule has 1 N–H and O–H groups in total. The number of aromatic nitrogens is 5. The zero-order chi connectivity index (χ0) is 24.0. The Morgan fingerprint density at radius 3 is 2.77 bits per heavy atom. The number of aliphatic hydroxyl groups excluding tert-OH is 1. The molecule has 11 heteroatoms. The number of nitrogens with zero attached hydrogens (tertiary/aromatic N) is 5. The molecule has 4 aromatic rings. The van der Waals surface area contributed by atoms with E-state index in [0.29, 0.717) is 23.3 Å². The minimum Gasteiger partial charge on any atom is -0.452 e. The lowest BCUT2D eigenvalue weighted by atomic mass is 9.96. The number of thiophene rings is 1. The van der Waals surface area contributed by atoms with E-state index in [9.17, 15) is 8.78 Å². The van der Waals surface area contributed by atoms with Crippen molar-refractivity contribution in [2.75, 3.05) is 19.8 Å². The molecule has 1 aliphatic heterocycles. The van der Waals surface area contributed by atoms with Gasteiger partial charge >= 0.3 is 0 Å². The first-order chi connectivity index (χ1) is 17.0. The Labute approximate surface area is 204 Å². The van der Waals surface area contributed by atoms with Crippen molar-refractivity contribution >= 4 is 21.6 Å². The van der Waals surface area contributed by atoms with Crippen molar-refractivity contribution in [2.45, 2.75) is 50.1 Å². The summed E-state index contributed by atoms with van der Waals surface area (Å²) in [6, 6.07) is 4.20. The third-order valence-electron chi connectivity index (χ3n) is 6.39. The zero-order valence-corrected chi connectivity index (χ0v) is 19.8. The van der Waals surface area contributed by atoms with Crippen LogP contribution in [-0.2, 0) is 11.3 Å². The third kappa shape index (κ3) is 4.67. The lowest BCUT2D eigenvalue weighted by Crippen LogP contribution is -2.28. The molecule has 0 amide bonds. The number of aliphatic hydroxyl groups is 1. The van der Waals surface area contributed by atoms with Gasteiger partial charge in [0.05, 0.1) is 28.7 Å². The van der Waals surface area contributed by atoms with Crippen molar-refractivity contribution in [3.05, 3.63) is 42.6 Å². The molecule has 0 radical (unpaired) electrons. The molecule has 35 heavy (non-hydrogen) atoms. The minimum atomic E-state index is -3.22. The molecule has 0 spiro atoms. The second-order valence-electron chi connectivity index (χ2n) is 9.15. The van der Waals surface area contributed by atoms with E-state index in [0.717, 1.165) is 70.1 Å². The van der Waals surface area contributed by atoms with E-state index >= 15 is 0 Å². The van der Waals surface area contributed by atoms with E-state index in [4.69, 9.17) is 19.7 Å². The molecule has 2 aliphatic rings. The molecule has 0 aromatic carbocycles. The van der Waals surface area contributed by atoms with Crippen molar-refractivity contribution in [3.63, 3.8) is 0 Å². The number of rotatable bonds is 8. The van der Waals surface area contributed by atoms with E-state index in [1.807, 2.05) is 23.0 Å². The highest BCUT2D eigenvalue weighted by molar-refractivity contribution is 7.22. The summed E-state index contributed by atoms with van der Waals surface area (Å²) >= 11 is 1.48. The van der Waals surface area contributed by atoms with Gasteiger partial charge in [0.1, 0.15) is 24.6 Å². The SMILES string of the molecule is OCC(F)(F)Cn1cc(-c2cc3nccc(Oc4cn(C5CC5)nc4C4CCOCC4)c3s2)cn1. The molecule has 1 saturated carbocycles. The van der Waals surface area contributed by atoms with Crippen LogP contribution in [0.15, 0.2) is 36.9 Å². The van der Waals surface area contributed by atoms with Crippen LogP contribution in [0.2, 0.25) is 0 Å². The highest BCUT2D eigenvalue weighted by atomic mass is 32.1. The first kappa shape index (κ1) is 22.6. The number of alkyl halides is 2. The third-order valence-corrected chi connectivity index (χ3v) is 7.58. The van der Waals surface area contributed by atoms with Crippen molar-refractivity contribution in [2.24, 2.45) is 0 Å². The minimum absolute atomic E-state index is 0.304. The Bertz CT molecular complexity index is 1340.